The van der Waals surface area contributed by atoms with Gasteiger partial charge in [0.2, 0.25) is 0 Å². The number of aromatic nitrogens is 1. The highest BCUT2D eigenvalue weighted by Crippen LogP contribution is 2.30. The van der Waals surface area contributed by atoms with Crippen molar-refractivity contribution in [2.45, 2.75) is 0 Å². The van der Waals surface area contributed by atoms with Gasteiger partial charge in [-0.2, -0.15) is 0 Å². The number of furan rings is 1. The van der Waals surface area contributed by atoms with E-state index in [0.29, 0.717) is 5.56 Å². The van der Waals surface area contributed by atoms with Crippen molar-refractivity contribution < 1.29 is 9.21 Å². The van der Waals surface area contributed by atoms with Gasteiger partial charge in [-0.1, -0.05) is 18.2 Å². The Kier molecular flexibility index (Phi) is 2.86. The van der Waals surface area contributed by atoms with Crippen molar-refractivity contribution in [3.63, 3.8) is 0 Å². The van der Waals surface area contributed by atoms with Gasteiger partial charge in [0.15, 0.2) is 0 Å². The summed E-state index contributed by atoms with van der Waals surface area (Å²) >= 11 is 0. The Morgan fingerprint density at radius 3 is 2.68 bits per heavy atom. The Morgan fingerprint density at radius 1 is 0.955 bits per heavy atom. The third-order valence-corrected chi connectivity index (χ3v) is 3.56. The van der Waals surface area contributed by atoms with Gasteiger partial charge in [0.1, 0.15) is 11.2 Å². The average molecular weight is 288 g/mol. The van der Waals surface area contributed by atoms with Gasteiger partial charge in [-0.3, -0.25) is 9.78 Å². The second-order valence-corrected chi connectivity index (χ2v) is 5.00. The molecule has 0 unspecified atom stereocenters. The van der Waals surface area contributed by atoms with Gasteiger partial charge in [-0.25, -0.2) is 0 Å². The van der Waals surface area contributed by atoms with Crippen molar-refractivity contribution in [1.82, 2.24) is 4.98 Å². The first-order valence-corrected chi connectivity index (χ1v) is 6.94. The Morgan fingerprint density at radius 2 is 1.82 bits per heavy atom. The van der Waals surface area contributed by atoms with Crippen LogP contribution < -0.4 is 5.32 Å². The number of carbonyl (C=O) groups excluding carboxylic acids is 1. The van der Waals surface area contributed by atoms with Crippen LogP contribution >= 0.6 is 0 Å². The van der Waals surface area contributed by atoms with E-state index in [1.165, 1.54) is 0 Å². The second kappa shape index (κ2) is 5.00. The molecule has 22 heavy (non-hydrogen) atoms. The molecule has 0 atom stereocenters. The lowest BCUT2D eigenvalue weighted by Gasteiger charge is -2.04. The van der Waals surface area contributed by atoms with E-state index in [4.69, 9.17) is 4.42 Å². The summed E-state index contributed by atoms with van der Waals surface area (Å²) in [4.78, 5) is 16.1. The third-order valence-electron chi connectivity index (χ3n) is 3.56. The van der Waals surface area contributed by atoms with E-state index in [-0.39, 0.29) is 5.91 Å². The predicted molar refractivity (Wildman–Crippen MR) is 85.9 cm³/mol. The molecule has 0 aliphatic rings. The molecule has 0 bridgehead atoms. The summed E-state index contributed by atoms with van der Waals surface area (Å²) in [5, 5.41) is 4.91. The van der Waals surface area contributed by atoms with Crippen LogP contribution in [0, 0.1) is 0 Å². The Bertz CT molecular complexity index is 974. The topological polar surface area (TPSA) is 55.1 Å². The third kappa shape index (κ3) is 2.11. The zero-order valence-corrected chi connectivity index (χ0v) is 11.6. The van der Waals surface area contributed by atoms with Gasteiger partial charge < -0.3 is 9.73 Å². The zero-order valence-electron chi connectivity index (χ0n) is 11.6. The lowest BCUT2D eigenvalue weighted by atomic mass is 10.1. The Labute approximate surface area is 126 Å². The molecule has 1 amide bonds. The molecule has 4 heteroatoms. The number of anilines is 1. The molecule has 0 aliphatic carbocycles. The quantitative estimate of drug-likeness (QED) is 0.600. The first-order valence-electron chi connectivity index (χ1n) is 6.94. The minimum atomic E-state index is -0.180. The number of rotatable bonds is 2. The van der Waals surface area contributed by atoms with Gasteiger partial charge in [0, 0.05) is 28.9 Å². The van der Waals surface area contributed by atoms with Crippen LogP contribution in [-0.4, -0.2) is 10.9 Å². The van der Waals surface area contributed by atoms with Gasteiger partial charge in [-0.15, -0.1) is 0 Å². The number of pyridine rings is 1. The molecule has 4 aromatic rings. The smallest absolute Gasteiger partial charge is 0.257 e. The number of para-hydroxylation sites is 1. The lowest BCUT2D eigenvalue weighted by Crippen LogP contribution is -2.11. The van der Waals surface area contributed by atoms with Gasteiger partial charge in [0.05, 0.1) is 5.56 Å². The van der Waals surface area contributed by atoms with Crippen LogP contribution in [0.5, 0.6) is 0 Å². The first-order chi connectivity index (χ1) is 10.8. The van der Waals surface area contributed by atoms with Crippen LogP contribution in [0.2, 0.25) is 0 Å². The molecule has 0 spiro atoms. The van der Waals surface area contributed by atoms with Crippen LogP contribution in [0.3, 0.4) is 0 Å². The summed E-state index contributed by atoms with van der Waals surface area (Å²) in [7, 11) is 0. The largest absolute Gasteiger partial charge is 0.456 e. The number of fused-ring (bicyclic) bond motifs is 3. The molecule has 0 radical (unpaired) electrons. The monoisotopic (exact) mass is 288 g/mol. The van der Waals surface area contributed by atoms with Crippen LogP contribution in [0.4, 0.5) is 5.69 Å². The normalized spacial score (nSPS) is 10.9. The van der Waals surface area contributed by atoms with Gasteiger partial charge in [-0.05, 0) is 36.4 Å². The van der Waals surface area contributed by atoms with E-state index < -0.39 is 0 Å². The summed E-state index contributed by atoms with van der Waals surface area (Å²) in [6.45, 7) is 0. The fourth-order valence-corrected chi connectivity index (χ4v) is 2.50. The molecule has 2 aromatic carbocycles. The number of amides is 1. The minimum Gasteiger partial charge on any atom is -0.456 e. The minimum absolute atomic E-state index is 0.180. The van der Waals surface area contributed by atoms with Gasteiger partial charge >= 0.3 is 0 Å². The maximum Gasteiger partial charge on any atom is 0.257 e. The van der Waals surface area contributed by atoms with Crippen LogP contribution in [0.15, 0.2) is 71.4 Å². The van der Waals surface area contributed by atoms with Crippen molar-refractivity contribution in [3.8, 4) is 0 Å². The summed E-state index contributed by atoms with van der Waals surface area (Å²) in [6.07, 6.45) is 3.18. The Hall–Kier alpha value is -3.14. The standard InChI is InChI=1S/C18H12N2O2/c21-18(12-4-3-9-19-11-12)20-13-7-8-17-15(10-13)14-5-1-2-6-16(14)22-17/h1-11H,(H,20,21). The highest BCUT2D eigenvalue weighted by molar-refractivity contribution is 6.09. The lowest BCUT2D eigenvalue weighted by molar-refractivity contribution is 0.102. The fourth-order valence-electron chi connectivity index (χ4n) is 2.50. The van der Waals surface area contributed by atoms with Crippen molar-refractivity contribution in [2.75, 3.05) is 5.32 Å². The molecule has 106 valence electrons. The maximum absolute atomic E-state index is 12.2. The number of nitrogens with zero attached hydrogens (tertiary/aromatic N) is 1. The van der Waals surface area contributed by atoms with Gasteiger partial charge in [0.25, 0.3) is 5.91 Å². The van der Waals surface area contributed by atoms with Crippen molar-refractivity contribution >= 4 is 33.5 Å². The van der Waals surface area contributed by atoms with Crippen molar-refractivity contribution in [2.24, 2.45) is 0 Å². The van der Waals surface area contributed by atoms with Crippen LogP contribution in [0.1, 0.15) is 10.4 Å². The molecule has 0 saturated carbocycles. The average Bonchev–Trinajstić information content (AvgIpc) is 2.94. The van der Waals surface area contributed by atoms with E-state index in [1.54, 1.807) is 24.5 Å². The molecule has 2 heterocycles. The second-order valence-electron chi connectivity index (χ2n) is 5.00. The number of benzene rings is 2. The zero-order chi connectivity index (χ0) is 14.9. The summed E-state index contributed by atoms with van der Waals surface area (Å²) in [5.74, 6) is -0.180. The maximum atomic E-state index is 12.2. The van der Waals surface area contributed by atoms with E-state index >= 15 is 0 Å². The summed E-state index contributed by atoms with van der Waals surface area (Å²) in [6, 6.07) is 16.9. The molecule has 0 aliphatic heterocycles. The molecule has 2 aromatic heterocycles. The number of nitrogens with one attached hydrogen (secondary N) is 1. The van der Waals surface area contributed by atoms with E-state index in [2.05, 4.69) is 10.3 Å². The molecule has 1 N–H and O–H groups in total. The van der Waals surface area contributed by atoms with E-state index in [1.807, 2.05) is 42.5 Å². The molecule has 0 saturated heterocycles. The van der Waals surface area contributed by atoms with Crippen LogP contribution in [0.25, 0.3) is 21.9 Å². The first kappa shape index (κ1) is 12.6. The molecule has 0 fully saturated rings. The fraction of sp³-hybridized carbons (Fsp3) is 0. The highest BCUT2D eigenvalue weighted by Gasteiger charge is 2.09. The van der Waals surface area contributed by atoms with Crippen molar-refractivity contribution in [3.05, 3.63) is 72.6 Å². The molecular formula is C18H12N2O2. The molecule has 4 rings (SSSR count). The van der Waals surface area contributed by atoms with E-state index in [0.717, 1.165) is 27.6 Å². The summed E-state index contributed by atoms with van der Waals surface area (Å²) < 4.78 is 5.77. The molecular weight excluding hydrogens is 276 g/mol. The number of hydrogen-bond donors (Lipinski definition) is 1. The SMILES string of the molecule is O=C(Nc1ccc2oc3ccccc3c2c1)c1cccnc1. The van der Waals surface area contributed by atoms with Crippen LogP contribution in [-0.2, 0) is 0 Å². The number of hydrogen-bond acceptors (Lipinski definition) is 3. The Balaban J connectivity index is 1.73. The predicted octanol–water partition coefficient (Wildman–Crippen LogP) is 4.23. The highest BCUT2D eigenvalue weighted by atomic mass is 16.3. The van der Waals surface area contributed by atoms with Crippen molar-refractivity contribution in [1.29, 1.82) is 0 Å². The summed E-state index contributed by atoms with van der Waals surface area (Å²) in [5.41, 5.74) is 2.90. The van der Waals surface area contributed by atoms with E-state index in [9.17, 15) is 4.79 Å². The number of carbonyl (C=O) groups is 1. The molecule has 4 nitrogen and oxygen atoms in total.